The molecule has 0 N–H and O–H groups in total. The van der Waals surface area contributed by atoms with Crippen LogP contribution in [0.2, 0.25) is 0 Å². The lowest BCUT2D eigenvalue weighted by atomic mass is 9.94. The molecule has 0 bridgehead atoms. The highest BCUT2D eigenvalue weighted by Gasteiger charge is 2.16. The molecular formula is C54H32O2S. The number of hydrogen-bond acceptors (Lipinski definition) is 3. The van der Waals surface area contributed by atoms with Gasteiger partial charge in [0.25, 0.3) is 0 Å². The van der Waals surface area contributed by atoms with Crippen LogP contribution in [-0.4, -0.2) is 0 Å². The molecule has 9 aromatic carbocycles. The molecular weight excluding hydrogens is 713 g/mol. The Kier molecular flexibility index (Phi) is 7.13. The average molecular weight is 745 g/mol. The van der Waals surface area contributed by atoms with Crippen molar-refractivity contribution >= 4 is 75.4 Å². The maximum Gasteiger partial charge on any atom is 0.136 e. The summed E-state index contributed by atoms with van der Waals surface area (Å²) in [5.74, 6) is 0. The Hall–Kier alpha value is -7.20. The zero-order valence-corrected chi connectivity index (χ0v) is 31.5. The summed E-state index contributed by atoms with van der Waals surface area (Å²) in [7, 11) is 0. The van der Waals surface area contributed by atoms with Gasteiger partial charge >= 0.3 is 0 Å². The number of hydrogen-bond donors (Lipinski definition) is 0. The lowest BCUT2D eigenvalue weighted by Crippen LogP contribution is -1.84. The van der Waals surface area contributed by atoms with Gasteiger partial charge in [0, 0.05) is 41.7 Å². The Morgan fingerprint density at radius 2 is 0.632 bits per heavy atom. The molecule has 0 aliphatic carbocycles. The fourth-order valence-corrected chi connectivity index (χ4v) is 9.84. The van der Waals surface area contributed by atoms with Gasteiger partial charge in [-0.1, -0.05) is 127 Å². The summed E-state index contributed by atoms with van der Waals surface area (Å²) in [5.41, 5.74) is 15.6. The average Bonchev–Trinajstić information content (AvgIpc) is 3.97. The molecule has 0 fully saturated rings. The molecule has 0 radical (unpaired) electrons. The summed E-state index contributed by atoms with van der Waals surface area (Å²) in [6.45, 7) is 0. The van der Waals surface area contributed by atoms with Gasteiger partial charge < -0.3 is 8.83 Å². The van der Waals surface area contributed by atoms with E-state index in [-0.39, 0.29) is 0 Å². The Labute approximate surface area is 332 Å². The summed E-state index contributed by atoms with van der Waals surface area (Å²) in [6, 6.07) is 69.9. The maximum atomic E-state index is 6.22. The van der Waals surface area contributed by atoms with E-state index in [0.717, 1.165) is 43.9 Å². The molecule has 3 heteroatoms. The van der Waals surface area contributed by atoms with Crippen LogP contribution < -0.4 is 0 Å². The number of furan rings is 2. The maximum absolute atomic E-state index is 6.22. The van der Waals surface area contributed by atoms with E-state index in [1.807, 2.05) is 35.6 Å². The smallest absolute Gasteiger partial charge is 0.136 e. The first-order valence-corrected chi connectivity index (χ1v) is 20.1. The SMILES string of the molecule is c1cc(-c2cccc(-c3cccc4oc5ccccc5c34)c2)cc(-c2ccc3sc4ccc(-c5cccc(-c6cccc7oc8ccccc8c67)c5)cc4c3c2)c1. The van der Waals surface area contributed by atoms with E-state index in [0.29, 0.717) is 0 Å². The van der Waals surface area contributed by atoms with Crippen molar-refractivity contribution in [1.82, 2.24) is 0 Å². The Bertz CT molecular complexity index is 3540. The van der Waals surface area contributed by atoms with Gasteiger partial charge in [0.15, 0.2) is 0 Å². The number of fused-ring (bicyclic) bond motifs is 9. The first-order chi connectivity index (χ1) is 28.2. The van der Waals surface area contributed by atoms with Crippen LogP contribution in [0.1, 0.15) is 0 Å². The van der Waals surface area contributed by atoms with E-state index in [2.05, 4.69) is 170 Å². The molecule has 0 saturated carbocycles. The summed E-state index contributed by atoms with van der Waals surface area (Å²) in [4.78, 5) is 0. The Morgan fingerprint density at radius 3 is 1.11 bits per heavy atom. The van der Waals surface area contributed by atoms with Gasteiger partial charge in [-0.25, -0.2) is 0 Å². The third-order valence-corrected chi connectivity index (χ3v) is 12.6. The number of thiophene rings is 1. The van der Waals surface area contributed by atoms with Crippen molar-refractivity contribution in [3.63, 3.8) is 0 Å². The minimum absolute atomic E-state index is 0.912. The van der Waals surface area contributed by atoms with E-state index < -0.39 is 0 Å². The van der Waals surface area contributed by atoms with E-state index in [9.17, 15) is 0 Å². The second-order valence-corrected chi connectivity index (χ2v) is 15.9. The predicted octanol–water partition coefficient (Wildman–Crippen LogP) is 16.2. The first kappa shape index (κ1) is 32.1. The van der Waals surface area contributed by atoms with Gasteiger partial charge in [-0.15, -0.1) is 11.3 Å². The molecule has 0 atom stereocenters. The molecule has 0 unspecified atom stereocenters. The van der Waals surface area contributed by atoms with Crippen LogP contribution >= 0.6 is 11.3 Å². The summed E-state index contributed by atoms with van der Waals surface area (Å²) < 4.78 is 15.0. The molecule has 12 aromatic rings. The quantitative estimate of drug-likeness (QED) is 0.175. The van der Waals surface area contributed by atoms with Crippen LogP contribution in [-0.2, 0) is 0 Å². The lowest BCUT2D eigenvalue weighted by molar-refractivity contribution is 0.668. The fourth-order valence-electron chi connectivity index (χ4n) is 8.78. The van der Waals surface area contributed by atoms with Gasteiger partial charge in [0.05, 0.1) is 0 Å². The lowest BCUT2D eigenvalue weighted by Gasteiger charge is -2.10. The summed E-state index contributed by atoms with van der Waals surface area (Å²) >= 11 is 1.86. The van der Waals surface area contributed by atoms with Crippen molar-refractivity contribution in [2.24, 2.45) is 0 Å². The highest BCUT2D eigenvalue weighted by Crippen LogP contribution is 2.42. The molecule has 3 aromatic heterocycles. The molecule has 0 aliphatic heterocycles. The Morgan fingerprint density at radius 1 is 0.263 bits per heavy atom. The van der Waals surface area contributed by atoms with Crippen molar-refractivity contribution in [2.75, 3.05) is 0 Å². The third-order valence-electron chi connectivity index (χ3n) is 11.5. The first-order valence-electron chi connectivity index (χ1n) is 19.3. The largest absolute Gasteiger partial charge is 0.456 e. The molecule has 0 spiro atoms. The van der Waals surface area contributed by atoms with E-state index >= 15 is 0 Å². The monoisotopic (exact) mass is 744 g/mol. The van der Waals surface area contributed by atoms with Gasteiger partial charge in [0.1, 0.15) is 22.3 Å². The standard InChI is InChI=1S/C54H32O2S/c1-3-20-47-43(16-1)53-41(18-8-22-49(53)55-47)39-14-6-12-35(29-39)33-10-5-11-34(28-33)37-24-26-51-45(31-37)46-32-38(25-27-52(46)57-51)36-13-7-15-40(30-36)42-19-9-23-50-54(42)44-17-2-4-21-48(44)56-50/h1-32H. The molecule has 0 amide bonds. The van der Waals surface area contributed by atoms with Crippen LogP contribution in [0.25, 0.3) is 120 Å². The van der Waals surface area contributed by atoms with Crippen LogP contribution in [0, 0.1) is 0 Å². The van der Waals surface area contributed by atoms with E-state index in [1.165, 1.54) is 75.8 Å². The van der Waals surface area contributed by atoms with Gasteiger partial charge in [-0.2, -0.15) is 0 Å². The normalized spacial score (nSPS) is 11.9. The highest BCUT2D eigenvalue weighted by atomic mass is 32.1. The van der Waals surface area contributed by atoms with Crippen molar-refractivity contribution in [1.29, 1.82) is 0 Å². The fraction of sp³-hybridized carbons (Fsp3) is 0. The van der Waals surface area contributed by atoms with Crippen molar-refractivity contribution in [2.45, 2.75) is 0 Å². The zero-order valence-electron chi connectivity index (χ0n) is 30.7. The topological polar surface area (TPSA) is 26.3 Å². The predicted molar refractivity (Wildman–Crippen MR) is 241 cm³/mol. The zero-order chi connectivity index (χ0) is 37.5. The summed E-state index contributed by atoms with van der Waals surface area (Å²) in [5, 5.41) is 7.18. The van der Waals surface area contributed by atoms with Crippen molar-refractivity contribution in [3.8, 4) is 55.6 Å². The van der Waals surface area contributed by atoms with Crippen molar-refractivity contribution < 1.29 is 8.83 Å². The number of benzene rings is 9. The molecule has 12 rings (SSSR count). The van der Waals surface area contributed by atoms with Gasteiger partial charge in [-0.05, 0) is 122 Å². The molecule has 57 heavy (non-hydrogen) atoms. The minimum atomic E-state index is 0.912. The highest BCUT2D eigenvalue weighted by molar-refractivity contribution is 7.25. The van der Waals surface area contributed by atoms with E-state index in [1.54, 1.807) is 0 Å². The second-order valence-electron chi connectivity index (χ2n) is 14.8. The van der Waals surface area contributed by atoms with Crippen LogP contribution in [0.4, 0.5) is 0 Å². The minimum Gasteiger partial charge on any atom is -0.456 e. The van der Waals surface area contributed by atoms with Crippen molar-refractivity contribution in [3.05, 3.63) is 194 Å². The molecule has 266 valence electrons. The van der Waals surface area contributed by atoms with Crippen LogP contribution in [0.5, 0.6) is 0 Å². The van der Waals surface area contributed by atoms with Gasteiger partial charge in [-0.3, -0.25) is 0 Å². The number of rotatable bonds is 5. The summed E-state index contributed by atoms with van der Waals surface area (Å²) in [6.07, 6.45) is 0. The number of para-hydroxylation sites is 2. The van der Waals surface area contributed by atoms with Gasteiger partial charge in [0.2, 0.25) is 0 Å². The molecule has 0 aliphatic rings. The van der Waals surface area contributed by atoms with E-state index in [4.69, 9.17) is 8.83 Å². The molecule has 2 nitrogen and oxygen atoms in total. The Balaban J connectivity index is 0.911. The van der Waals surface area contributed by atoms with Crippen LogP contribution in [0.15, 0.2) is 203 Å². The molecule has 3 heterocycles. The third kappa shape index (κ3) is 5.24. The van der Waals surface area contributed by atoms with Crippen LogP contribution in [0.3, 0.4) is 0 Å². The second kappa shape index (κ2) is 12.7. The molecule has 0 saturated heterocycles.